The number of morpholine rings is 1. The number of hydrogen-bond acceptors (Lipinski definition) is 3. The van der Waals surface area contributed by atoms with Crippen LogP contribution in [0.25, 0.3) is 0 Å². The van der Waals surface area contributed by atoms with E-state index in [-0.39, 0.29) is 0 Å². The highest BCUT2D eigenvalue weighted by atomic mass is 16.5. The molecule has 1 atom stereocenters. The lowest BCUT2D eigenvalue weighted by molar-refractivity contribution is 0.0318. The van der Waals surface area contributed by atoms with Gasteiger partial charge >= 0.3 is 0 Å². The van der Waals surface area contributed by atoms with Gasteiger partial charge in [-0.3, -0.25) is 4.90 Å². The molecule has 0 spiro atoms. The topological polar surface area (TPSA) is 21.7 Å². The Bertz CT molecular complexity index is 591. The van der Waals surface area contributed by atoms with Crippen LogP contribution in [0, 0.1) is 5.92 Å². The van der Waals surface area contributed by atoms with Gasteiger partial charge in [0.05, 0.1) is 13.2 Å². The van der Waals surface area contributed by atoms with Crippen LogP contribution in [-0.2, 0) is 17.8 Å². The van der Waals surface area contributed by atoms with Crippen LogP contribution in [-0.4, -0.2) is 37.7 Å². The van der Waals surface area contributed by atoms with Crippen LogP contribution in [0.1, 0.15) is 18.1 Å². The highest BCUT2D eigenvalue weighted by molar-refractivity contribution is 5.25. The summed E-state index contributed by atoms with van der Waals surface area (Å²) in [5, 5.41) is 0. The molecule has 128 valence electrons. The lowest BCUT2D eigenvalue weighted by Crippen LogP contribution is -2.39. The van der Waals surface area contributed by atoms with Crippen molar-refractivity contribution in [3.8, 4) is 5.75 Å². The van der Waals surface area contributed by atoms with Gasteiger partial charge in [-0.1, -0.05) is 49.4 Å². The molecule has 2 aromatic rings. The first-order valence-corrected chi connectivity index (χ1v) is 8.85. The molecule has 0 amide bonds. The number of benzene rings is 2. The van der Waals surface area contributed by atoms with Gasteiger partial charge in [-0.15, -0.1) is 0 Å². The number of nitrogens with zero attached hydrogens (tertiary/aromatic N) is 1. The summed E-state index contributed by atoms with van der Waals surface area (Å²) in [6, 6.07) is 18.8. The molecule has 1 aliphatic rings. The van der Waals surface area contributed by atoms with Crippen molar-refractivity contribution in [2.24, 2.45) is 5.92 Å². The highest BCUT2D eigenvalue weighted by Gasteiger charge is 2.14. The summed E-state index contributed by atoms with van der Waals surface area (Å²) in [7, 11) is 0. The van der Waals surface area contributed by atoms with Crippen LogP contribution in [0.2, 0.25) is 0 Å². The second-order valence-electron chi connectivity index (χ2n) is 6.64. The van der Waals surface area contributed by atoms with Crippen LogP contribution in [0.15, 0.2) is 54.6 Å². The van der Waals surface area contributed by atoms with Crippen molar-refractivity contribution in [2.75, 3.05) is 32.8 Å². The molecule has 3 nitrogen and oxygen atoms in total. The molecule has 0 unspecified atom stereocenters. The van der Waals surface area contributed by atoms with E-state index in [0.29, 0.717) is 12.5 Å². The third-order valence-corrected chi connectivity index (χ3v) is 4.43. The zero-order chi connectivity index (χ0) is 16.6. The Morgan fingerprint density at radius 1 is 0.958 bits per heavy atom. The number of ether oxygens (including phenoxy) is 2. The van der Waals surface area contributed by atoms with Crippen molar-refractivity contribution in [3.63, 3.8) is 0 Å². The van der Waals surface area contributed by atoms with Gasteiger partial charge in [-0.2, -0.15) is 0 Å². The Hall–Kier alpha value is -1.84. The molecule has 0 aliphatic carbocycles. The van der Waals surface area contributed by atoms with Crippen LogP contribution >= 0.6 is 0 Å². The molecule has 0 bridgehead atoms. The molecular formula is C21H27NO2. The summed E-state index contributed by atoms with van der Waals surface area (Å²) >= 11 is 0. The zero-order valence-corrected chi connectivity index (χ0v) is 14.5. The normalized spacial score (nSPS) is 16.7. The number of rotatable bonds is 7. The fourth-order valence-corrected chi connectivity index (χ4v) is 3.15. The molecule has 3 heteroatoms. The van der Waals surface area contributed by atoms with Gasteiger partial charge in [0.1, 0.15) is 12.4 Å². The molecule has 0 N–H and O–H groups in total. The Labute approximate surface area is 145 Å². The van der Waals surface area contributed by atoms with Crippen molar-refractivity contribution in [1.82, 2.24) is 4.90 Å². The van der Waals surface area contributed by atoms with Gasteiger partial charge in [0.15, 0.2) is 0 Å². The van der Waals surface area contributed by atoms with E-state index < -0.39 is 0 Å². The second kappa shape index (κ2) is 8.86. The van der Waals surface area contributed by atoms with Crippen molar-refractivity contribution < 1.29 is 9.47 Å². The quantitative estimate of drug-likeness (QED) is 0.773. The van der Waals surface area contributed by atoms with Gasteiger partial charge in [-0.05, 0) is 35.6 Å². The van der Waals surface area contributed by atoms with E-state index >= 15 is 0 Å². The molecule has 1 aliphatic heterocycles. The predicted molar refractivity (Wildman–Crippen MR) is 97.3 cm³/mol. The van der Waals surface area contributed by atoms with Gasteiger partial charge in [0.2, 0.25) is 0 Å². The SMILES string of the molecule is C[C@H](Cc1ccc(COc2ccccc2)cc1)CN1CCOCC1. The van der Waals surface area contributed by atoms with E-state index in [1.54, 1.807) is 0 Å². The Kier molecular flexibility index (Phi) is 6.27. The number of para-hydroxylation sites is 1. The van der Waals surface area contributed by atoms with Crippen molar-refractivity contribution in [3.05, 3.63) is 65.7 Å². The molecule has 1 fully saturated rings. The zero-order valence-electron chi connectivity index (χ0n) is 14.5. The Morgan fingerprint density at radius 3 is 2.33 bits per heavy atom. The third kappa shape index (κ3) is 5.36. The molecule has 1 heterocycles. The maximum Gasteiger partial charge on any atom is 0.119 e. The molecule has 0 radical (unpaired) electrons. The summed E-state index contributed by atoms with van der Waals surface area (Å²) in [6.45, 7) is 8.00. The van der Waals surface area contributed by atoms with Crippen molar-refractivity contribution in [1.29, 1.82) is 0 Å². The molecular weight excluding hydrogens is 298 g/mol. The van der Waals surface area contributed by atoms with Crippen molar-refractivity contribution >= 4 is 0 Å². The fourth-order valence-electron chi connectivity index (χ4n) is 3.15. The smallest absolute Gasteiger partial charge is 0.119 e. The summed E-state index contributed by atoms with van der Waals surface area (Å²) in [4.78, 5) is 2.51. The minimum absolute atomic E-state index is 0.619. The van der Waals surface area contributed by atoms with Crippen LogP contribution in [0.4, 0.5) is 0 Å². The first-order valence-electron chi connectivity index (χ1n) is 8.85. The highest BCUT2D eigenvalue weighted by Crippen LogP contribution is 2.15. The summed E-state index contributed by atoms with van der Waals surface area (Å²) < 4.78 is 11.2. The van der Waals surface area contributed by atoms with Crippen LogP contribution in [0.3, 0.4) is 0 Å². The molecule has 0 aromatic heterocycles. The third-order valence-electron chi connectivity index (χ3n) is 4.43. The molecule has 2 aromatic carbocycles. The van der Waals surface area contributed by atoms with Gasteiger partial charge in [0, 0.05) is 19.6 Å². The first kappa shape index (κ1) is 17.0. The average molecular weight is 325 g/mol. The molecule has 24 heavy (non-hydrogen) atoms. The number of hydrogen-bond donors (Lipinski definition) is 0. The van der Waals surface area contributed by atoms with Gasteiger partial charge in [-0.25, -0.2) is 0 Å². The molecule has 3 rings (SSSR count). The Morgan fingerprint density at radius 2 is 1.62 bits per heavy atom. The average Bonchev–Trinajstić information content (AvgIpc) is 2.63. The molecule has 1 saturated heterocycles. The lowest BCUT2D eigenvalue weighted by atomic mass is 9.99. The van der Waals surface area contributed by atoms with Gasteiger partial charge in [0.25, 0.3) is 0 Å². The lowest BCUT2D eigenvalue weighted by Gasteiger charge is -2.29. The van der Waals surface area contributed by atoms with Crippen molar-refractivity contribution in [2.45, 2.75) is 20.0 Å². The van der Waals surface area contributed by atoms with Crippen LogP contribution in [0.5, 0.6) is 5.75 Å². The summed E-state index contributed by atoms with van der Waals surface area (Å²) in [5.41, 5.74) is 2.61. The molecule has 0 saturated carbocycles. The van der Waals surface area contributed by atoms with E-state index in [0.717, 1.165) is 45.0 Å². The summed E-state index contributed by atoms with van der Waals surface area (Å²) in [5.74, 6) is 1.58. The minimum Gasteiger partial charge on any atom is -0.489 e. The maximum absolute atomic E-state index is 5.80. The van der Waals surface area contributed by atoms with Crippen LogP contribution < -0.4 is 4.74 Å². The largest absolute Gasteiger partial charge is 0.489 e. The van der Waals surface area contributed by atoms with E-state index in [2.05, 4.69) is 36.1 Å². The van der Waals surface area contributed by atoms with E-state index in [1.807, 2.05) is 30.3 Å². The summed E-state index contributed by atoms with van der Waals surface area (Å²) in [6.07, 6.45) is 1.12. The van der Waals surface area contributed by atoms with E-state index in [4.69, 9.17) is 9.47 Å². The standard InChI is InChI=1S/C21H27NO2/c1-18(16-22-11-13-23-14-12-22)15-19-7-9-20(10-8-19)17-24-21-5-3-2-4-6-21/h2-10,18H,11-17H2,1H3/t18-/m1/s1. The van der Waals surface area contributed by atoms with E-state index in [9.17, 15) is 0 Å². The first-order chi connectivity index (χ1) is 11.8. The van der Waals surface area contributed by atoms with E-state index in [1.165, 1.54) is 11.1 Å². The second-order valence-corrected chi connectivity index (χ2v) is 6.64. The Balaban J connectivity index is 1.45. The maximum atomic E-state index is 5.80. The van der Waals surface area contributed by atoms with Gasteiger partial charge < -0.3 is 9.47 Å². The minimum atomic E-state index is 0.619. The monoisotopic (exact) mass is 325 g/mol. The fraction of sp³-hybridized carbons (Fsp3) is 0.429. The predicted octanol–water partition coefficient (Wildman–Crippen LogP) is 3.78.